The Kier molecular flexibility index (Phi) is 24.4. The van der Waals surface area contributed by atoms with Crippen LogP contribution in [0.15, 0.2) is 0 Å². The van der Waals surface area contributed by atoms with E-state index in [0.717, 1.165) is 116 Å². The van der Waals surface area contributed by atoms with E-state index in [1.165, 1.54) is 0 Å². The summed E-state index contributed by atoms with van der Waals surface area (Å²) in [5.41, 5.74) is 0. The number of carboxylic acids is 2. The van der Waals surface area contributed by atoms with Crippen LogP contribution in [0.3, 0.4) is 0 Å². The van der Waals surface area contributed by atoms with Gasteiger partial charge in [0.25, 0.3) is 0 Å². The molecule has 0 aromatic carbocycles. The molecule has 0 fully saturated rings. The number of carboxylic acid groups (broad SMARTS) is 2. The third kappa shape index (κ3) is 28.1. The van der Waals surface area contributed by atoms with Crippen molar-refractivity contribution in [3.63, 3.8) is 0 Å². The molecule has 0 amide bonds. The Bertz CT molecular complexity index is 526. The predicted molar refractivity (Wildman–Crippen MR) is 139 cm³/mol. The molecule has 0 aromatic heterocycles. The summed E-state index contributed by atoms with van der Waals surface area (Å²) in [7, 11) is 0. The Labute approximate surface area is 217 Å². The highest BCUT2D eigenvalue weighted by Gasteiger charge is 2.04. The molecule has 8 heteroatoms. The van der Waals surface area contributed by atoms with Gasteiger partial charge < -0.3 is 19.7 Å². The first-order chi connectivity index (χ1) is 17.4. The largest absolute Gasteiger partial charge is 0.481 e. The van der Waals surface area contributed by atoms with Crippen LogP contribution in [0.2, 0.25) is 0 Å². The highest BCUT2D eigenvalue weighted by molar-refractivity contribution is 5.69. The lowest BCUT2D eigenvalue weighted by molar-refractivity contribution is -0.144. The van der Waals surface area contributed by atoms with Crippen LogP contribution < -0.4 is 0 Å². The maximum atomic E-state index is 11.7. The Morgan fingerprint density at radius 3 is 0.917 bits per heavy atom. The van der Waals surface area contributed by atoms with Crippen LogP contribution in [-0.4, -0.2) is 47.3 Å². The summed E-state index contributed by atoms with van der Waals surface area (Å²) >= 11 is 0. The fourth-order valence-corrected chi connectivity index (χ4v) is 3.93. The quantitative estimate of drug-likeness (QED) is 0.0902. The third-order valence-electron chi connectivity index (χ3n) is 6.11. The molecule has 0 aliphatic heterocycles. The number of ether oxygens (including phenoxy) is 2. The molecule has 0 aliphatic carbocycles. The van der Waals surface area contributed by atoms with Gasteiger partial charge in [0, 0.05) is 25.7 Å². The molecule has 0 aliphatic rings. The van der Waals surface area contributed by atoms with E-state index in [2.05, 4.69) is 0 Å². The lowest BCUT2D eigenvalue weighted by Crippen LogP contribution is -2.06. The van der Waals surface area contributed by atoms with Crippen molar-refractivity contribution in [2.75, 3.05) is 13.2 Å². The van der Waals surface area contributed by atoms with Crippen LogP contribution in [0.4, 0.5) is 0 Å². The van der Waals surface area contributed by atoms with E-state index < -0.39 is 11.9 Å². The second-order valence-electron chi connectivity index (χ2n) is 9.59. The molecule has 8 nitrogen and oxygen atoms in total. The summed E-state index contributed by atoms with van der Waals surface area (Å²) in [5, 5.41) is 17.2. The summed E-state index contributed by atoms with van der Waals surface area (Å²) in [6, 6.07) is 0. The molecule has 0 bridgehead atoms. The lowest BCUT2D eigenvalue weighted by atomic mass is 10.1. The van der Waals surface area contributed by atoms with Gasteiger partial charge in [-0.2, -0.15) is 0 Å². The standard InChI is InChI=1S/C28H50O8/c29-25(30)19-13-7-1-3-9-15-21-27(33)35-23-17-11-5-6-12-18-24-36-28(34)22-16-10-4-2-8-14-20-26(31)32/h1-24H2,(H,29,30)(H,31,32). The average molecular weight is 515 g/mol. The average Bonchev–Trinajstić information content (AvgIpc) is 2.83. The molecule has 0 rings (SSSR count). The van der Waals surface area contributed by atoms with Crippen LogP contribution >= 0.6 is 0 Å². The zero-order chi connectivity index (χ0) is 26.7. The van der Waals surface area contributed by atoms with Crippen molar-refractivity contribution in [2.45, 2.75) is 141 Å². The minimum absolute atomic E-state index is 0.126. The summed E-state index contributed by atoms with van der Waals surface area (Å²) in [6.07, 6.45) is 18.4. The molecule has 36 heavy (non-hydrogen) atoms. The first-order valence-corrected chi connectivity index (χ1v) is 14.2. The van der Waals surface area contributed by atoms with Gasteiger partial charge in [0.2, 0.25) is 0 Å². The summed E-state index contributed by atoms with van der Waals surface area (Å²) < 4.78 is 10.6. The Morgan fingerprint density at radius 1 is 0.361 bits per heavy atom. The summed E-state index contributed by atoms with van der Waals surface area (Å²) in [4.78, 5) is 44.3. The number of carbonyl (C=O) groups excluding carboxylic acids is 2. The van der Waals surface area contributed by atoms with Crippen molar-refractivity contribution in [1.82, 2.24) is 0 Å². The molecular weight excluding hydrogens is 464 g/mol. The molecule has 0 saturated carbocycles. The number of carbonyl (C=O) groups is 4. The van der Waals surface area contributed by atoms with Gasteiger partial charge >= 0.3 is 23.9 Å². The maximum absolute atomic E-state index is 11.7. The van der Waals surface area contributed by atoms with Crippen molar-refractivity contribution in [3.8, 4) is 0 Å². The summed E-state index contributed by atoms with van der Waals surface area (Å²) in [6.45, 7) is 0.960. The first kappa shape index (κ1) is 33.9. The number of esters is 2. The second kappa shape index (κ2) is 26.0. The van der Waals surface area contributed by atoms with Gasteiger partial charge in [-0.15, -0.1) is 0 Å². The topological polar surface area (TPSA) is 127 Å². The number of hydrogen-bond acceptors (Lipinski definition) is 6. The summed E-state index contributed by atoms with van der Waals surface area (Å²) in [5.74, 6) is -1.73. The Hall–Kier alpha value is -2.12. The number of unbranched alkanes of at least 4 members (excludes halogenated alkanes) is 15. The number of aliphatic carboxylic acids is 2. The van der Waals surface area contributed by atoms with Crippen molar-refractivity contribution in [1.29, 1.82) is 0 Å². The number of hydrogen-bond donors (Lipinski definition) is 2. The normalized spacial score (nSPS) is 10.8. The molecule has 0 radical (unpaired) electrons. The Balaban J connectivity index is 3.27. The van der Waals surface area contributed by atoms with Crippen molar-refractivity contribution in [2.24, 2.45) is 0 Å². The van der Waals surface area contributed by atoms with E-state index >= 15 is 0 Å². The van der Waals surface area contributed by atoms with Crippen molar-refractivity contribution >= 4 is 23.9 Å². The van der Waals surface area contributed by atoms with Crippen LogP contribution in [0.5, 0.6) is 0 Å². The van der Waals surface area contributed by atoms with Gasteiger partial charge in [-0.1, -0.05) is 77.0 Å². The molecule has 0 spiro atoms. The van der Waals surface area contributed by atoms with Gasteiger partial charge in [-0.3, -0.25) is 19.2 Å². The van der Waals surface area contributed by atoms with Gasteiger partial charge in [-0.05, 0) is 38.5 Å². The van der Waals surface area contributed by atoms with E-state index in [9.17, 15) is 19.2 Å². The minimum atomic E-state index is -0.737. The number of rotatable bonds is 27. The van der Waals surface area contributed by atoms with E-state index in [4.69, 9.17) is 19.7 Å². The van der Waals surface area contributed by atoms with E-state index in [1.807, 2.05) is 0 Å². The fraction of sp³-hybridized carbons (Fsp3) is 0.857. The van der Waals surface area contributed by atoms with Gasteiger partial charge in [0.1, 0.15) is 0 Å². The minimum Gasteiger partial charge on any atom is -0.481 e. The van der Waals surface area contributed by atoms with Crippen LogP contribution in [0.25, 0.3) is 0 Å². The SMILES string of the molecule is O=C(O)CCCCCCCCC(=O)OCCCCCCCCOC(=O)CCCCCCCCC(=O)O. The Morgan fingerprint density at radius 2 is 0.611 bits per heavy atom. The molecule has 0 saturated heterocycles. The first-order valence-electron chi connectivity index (χ1n) is 14.2. The highest BCUT2D eigenvalue weighted by atomic mass is 16.5. The smallest absolute Gasteiger partial charge is 0.305 e. The van der Waals surface area contributed by atoms with E-state index in [1.54, 1.807) is 0 Å². The molecular formula is C28H50O8. The van der Waals surface area contributed by atoms with Gasteiger partial charge in [-0.25, -0.2) is 0 Å². The van der Waals surface area contributed by atoms with E-state index in [-0.39, 0.29) is 24.8 Å². The van der Waals surface area contributed by atoms with Gasteiger partial charge in [0.15, 0.2) is 0 Å². The zero-order valence-corrected chi connectivity index (χ0v) is 22.3. The highest BCUT2D eigenvalue weighted by Crippen LogP contribution is 2.11. The third-order valence-corrected chi connectivity index (χ3v) is 6.11. The molecule has 0 unspecified atom stereocenters. The lowest BCUT2D eigenvalue weighted by Gasteiger charge is -2.06. The molecule has 0 heterocycles. The van der Waals surface area contributed by atoms with Crippen LogP contribution in [-0.2, 0) is 28.7 Å². The zero-order valence-electron chi connectivity index (χ0n) is 22.3. The fourth-order valence-electron chi connectivity index (χ4n) is 3.93. The molecule has 2 N–H and O–H groups in total. The van der Waals surface area contributed by atoms with Gasteiger partial charge in [0.05, 0.1) is 13.2 Å². The van der Waals surface area contributed by atoms with Crippen LogP contribution in [0.1, 0.15) is 141 Å². The molecule has 0 aromatic rings. The second-order valence-corrected chi connectivity index (χ2v) is 9.59. The molecule has 0 atom stereocenters. The molecule has 210 valence electrons. The van der Waals surface area contributed by atoms with Crippen molar-refractivity contribution < 1.29 is 38.9 Å². The monoisotopic (exact) mass is 514 g/mol. The predicted octanol–water partition coefficient (Wildman–Crippen LogP) is 6.82. The van der Waals surface area contributed by atoms with E-state index in [0.29, 0.717) is 26.1 Å². The van der Waals surface area contributed by atoms with Crippen LogP contribution in [0, 0.1) is 0 Å². The maximum Gasteiger partial charge on any atom is 0.305 e. The van der Waals surface area contributed by atoms with Crippen molar-refractivity contribution in [3.05, 3.63) is 0 Å².